The molecule has 0 bridgehead atoms. The molecule has 27 heavy (non-hydrogen) atoms. The van der Waals surface area contributed by atoms with Crippen LogP contribution in [0.3, 0.4) is 0 Å². The van der Waals surface area contributed by atoms with Gasteiger partial charge in [-0.1, -0.05) is 36.4 Å². The molecule has 3 aromatic rings. The number of aromatic nitrogens is 4. The number of hydrogen-bond acceptors (Lipinski definition) is 6. The van der Waals surface area contributed by atoms with Crippen LogP contribution in [0.5, 0.6) is 5.75 Å². The number of tetrazole rings is 1. The second-order valence-corrected chi connectivity index (χ2v) is 6.76. The second kappa shape index (κ2) is 8.68. The maximum absolute atomic E-state index is 12.2. The van der Waals surface area contributed by atoms with Gasteiger partial charge >= 0.3 is 0 Å². The number of methoxy groups -OCH3 is 1. The van der Waals surface area contributed by atoms with Gasteiger partial charge in [0, 0.05) is 12.0 Å². The van der Waals surface area contributed by atoms with Crippen molar-refractivity contribution in [3.05, 3.63) is 58.6 Å². The van der Waals surface area contributed by atoms with Gasteiger partial charge in [0.15, 0.2) is 5.78 Å². The number of carbonyl (C=O) groups excluding carboxylic acids is 2. The van der Waals surface area contributed by atoms with Crippen LogP contribution in [0, 0.1) is 0 Å². The van der Waals surface area contributed by atoms with Crippen molar-refractivity contribution < 1.29 is 14.3 Å². The molecule has 0 radical (unpaired) electrons. The average molecular weight is 429 g/mol. The predicted molar refractivity (Wildman–Crippen MR) is 102 cm³/mol. The molecule has 3 rings (SSSR count). The molecule has 0 aliphatic carbocycles. The molecule has 0 fully saturated rings. The number of carbonyl (C=O) groups is 2. The maximum atomic E-state index is 12.2. The number of halogens is 1. The van der Waals surface area contributed by atoms with Crippen LogP contribution in [-0.2, 0) is 22.6 Å². The standard InChI is InChI=1S/C19H17BrN4O3/c1-27-18-10-13(7-8-17(18)20)9-15(25)11-16(26)12-24-22-19(21-23-24)14-5-3-2-4-6-14/h2-8,10H,9,11-12H2,1H3. The summed E-state index contributed by atoms with van der Waals surface area (Å²) in [5.74, 6) is 0.650. The van der Waals surface area contributed by atoms with E-state index in [1.807, 2.05) is 42.5 Å². The Morgan fingerprint density at radius 2 is 1.89 bits per heavy atom. The molecular weight excluding hydrogens is 412 g/mol. The van der Waals surface area contributed by atoms with Gasteiger partial charge in [-0.25, -0.2) is 0 Å². The van der Waals surface area contributed by atoms with E-state index in [0.29, 0.717) is 11.6 Å². The van der Waals surface area contributed by atoms with E-state index in [1.54, 1.807) is 13.2 Å². The van der Waals surface area contributed by atoms with Crippen molar-refractivity contribution >= 4 is 27.5 Å². The number of Topliss-reactive ketones (excluding diaryl/α,β-unsaturated/α-hetero) is 2. The van der Waals surface area contributed by atoms with Crippen LogP contribution in [0.2, 0.25) is 0 Å². The van der Waals surface area contributed by atoms with Gasteiger partial charge in [-0.15, -0.1) is 10.2 Å². The first kappa shape index (κ1) is 18.9. The second-order valence-electron chi connectivity index (χ2n) is 5.91. The fourth-order valence-electron chi connectivity index (χ4n) is 2.55. The smallest absolute Gasteiger partial charge is 0.204 e. The summed E-state index contributed by atoms with van der Waals surface area (Å²) in [6.07, 6.45) is -0.0178. The minimum absolute atomic E-state index is 0.0881. The van der Waals surface area contributed by atoms with Crippen molar-refractivity contribution in [2.45, 2.75) is 19.4 Å². The number of benzene rings is 2. The highest BCUT2D eigenvalue weighted by atomic mass is 79.9. The van der Waals surface area contributed by atoms with Crippen molar-refractivity contribution in [3.8, 4) is 17.1 Å². The van der Waals surface area contributed by atoms with Crippen molar-refractivity contribution in [2.24, 2.45) is 0 Å². The van der Waals surface area contributed by atoms with E-state index in [0.717, 1.165) is 15.6 Å². The monoisotopic (exact) mass is 428 g/mol. The lowest BCUT2D eigenvalue weighted by Crippen LogP contribution is -2.17. The lowest BCUT2D eigenvalue weighted by molar-refractivity contribution is -0.127. The largest absolute Gasteiger partial charge is 0.496 e. The minimum atomic E-state index is -0.263. The summed E-state index contributed by atoms with van der Waals surface area (Å²) in [5.41, 5.74) is 1.61. The number of nitrogens with zero attached hydrogens (tertiary/aromatic N) is 4. The molecule has 2 aromatic carbocycles. The van der Waals surface area contributed by atoms with Crippen LogP contribution in [-0.4, -0.2) is 38.9 Å². The highest BCUT2D eigenvalue weighted by Gasteiger charge is 2.14. The van der Waals surface area contributed by atoms with Crippen molar-refractivity contribution in [1.29, 1.82) is 0 Å². The van der Waals surface area contributed by atoms with E-state index in [2.05, 4.69) is 31.3 Å². The molecule has 0 spiro atoms. The predicted octanol–water partition coefficient (Wildman–Crippen LogP) is 2.88. The molecule has 0 saturated carbocycles. The quantitative estimate of drug-likeness (QED) is 0.512. The summed E-state index contributed by atoms with van der Waals surface area (Å²) in [5, 5.41) is 12.0. The summed E-state index contributed by atoms with van der Waals surface area (Å²) >= 11 is 3.37. The van der Waals surface area contributed by atoms with Gasteiger partial charge in [0.2, 0.25) is 5.82 Å². The van der Waals surface area contributed by atoms with Gasteiger partial charge in [-0.05, 0) is 38.8 Å². The van der Waals surface area contributed by atoms with Crippen molar-refractivity contribution in [2.75, 3.05) is 7.11 Å². The third-order valence-corrected chi connectivity index (χ3v) is 4.47. The summed E-state index contributed by atoms with van der Waals surface area (Å²) in [6.45, 7) is -0.0881. The first-order valence-electron chi connectivity index (χ1n) is 8.24. The molecule has 7 nitrogen and oxygen atoms in total. The number of hydrogen-bond donors (Lipinski definition) is 0. The van der Waals surface area contributed by atoms with Crippen molar-refractivity contribution in [3.63, 3.8) is 0 Å². The Morgan fingerprint density at radius 1 is 1.11 bits per heavy atom. The zero-order valence-electron chi connectivity index (χ0n) is 14.6. The van der Waals surface area contributed by atoms with E-state index in [9.17, 15) is 9.59 Å². The van der Waals surface area contributed by atoms with Gasteiger partial charge in [0.05, 0.1) is 18.0 Å². The van der Waals surface area contributed by atoms with Crippen LogP contribution < -0.4 is 4.74 Å². The Balaban J connectivity index is 1.56. The van der Waals surface area contributed by atoms with Gasteiger partial charge in [0.25, 0.3) is 0 Å². The fraction of sp³-hybridized carbons (Fsp3) is 0.211. The molecule has 0 atom stereocenters. The summed E-state index contributed by atoms with van der Waals surface area (Å²) < 4.78 is 6.02. The summed E-state index contributed by atoms with van der Waals surface area (Å²) in [7, 11) is 1.56. The van der Waals surface area contributed by atoms with Crippen LogP contribution in [0.15, 0.2) is 53.0 Å². The van der Waals surface area contributed by atoms with Gasteiger partial charge in [-0.3, -0.25) is 9.59 Å². The molecular formula is C19H17BrN4O3. The number of rotatable bonds is 8. The first-order valence-corrected chi connectivity index (χ1v) is 9.03. The molecule has 0 saturated heterocycles. The molecule has 0 amide bonds. The van der Waals surface area contributed by atoms with Gasteiger partial charge in [-0.2, -0.15) is 4.80 Å². The molecule has 0 aliphatic heterocycles. The zero-order chi connectivity index (χ0) is 19.2. The molecule has 1 aromatic heterocycles. The third kappa shape index (κ3) is 5.07. The lowest BCUT2D eigenvalue weighted by Gasteiger charge is -2.06. The molecule has 138 valence electrons. The summed E-state index contributed by atoms with van der Waals surface area (Å²) in [6, 6.07) is 14.8. The SMILES string of the molecule is COc1cc(CC(=O)CC(=O)Cn2nnc(-c3ccccc3)n2)ccc1Br. The Labute approximate surface area is 164 Å². The third-order valence-electron chi connectivity index (χ3n) is 3.81. The lowest BCUT2D eigenvalue weighted by atomic mass is 10.1. The molecule has 1 heterocycles. The van der Waals surface area contributed by atoms with E-state index in [4.69, 9.17) is 4.74 Å². The fourth-order valence-corrected chi connectivity index (χ4v) is 2.96. The normalized spacial score (nSPS) is 10.6. The molecule has 0 unspecified atom stereocenters. The minimum Gasteiger partial charge on any atom is -0.496 e. The average Bonchev–Trinajstić information content (AvgIpc) is 3.12. The Kier molecular flexibility index (Phi) is 6.08. The van der Waals surface area contributed by atoms with Crippen LogP contribution in [0.4, 0.5) is 0 Å². The summed E-state index contributed by atoms with van der Waals surface area (Å²) in [4.78, 5) is 25.5. The van der Waals surface area contributed by atoms with Crippen LogP contribution in [0.1, 0.15) is 12.0 Å². The van der Waals surface area contributed by atoms with Gasteiger partial charge in [0.1, 0.15) is 18.1 Å². The zero-order valence-corrected chi connectivity index (χ0v) is 16.2. The van der Waals surface area contributed by atoms with E-state index >= 15 is 0 Å². The number of ketones is 2. The van der Waals surface area contributed by atoms with Gasteiger partial charge < -0.3 is 4.74 Å². The van der Waals surface area contributed by atoms with Crippen LogP contribution in [0.25, 0.3) is 11.4 Å². The van der Waals surface area contributed by atoms with Crippen molar-refractivity contribution in [1.82, 2.24) is 20.2 Å². The topological polar surface area (TPSA) is 87.0 Å². The molecule has 0 aliphatic rings. The van der Waals surface area contributed by atoms with E-state index < -0.39 is 0 Å². The highest BCUT2D eigenvalue weighted by Crippen LogP contribution is 2.25. The highest BCUT2D eigenvalue weighted by molar-refractivity contribution is 9.10. The Hall–Kier alpha value is -2.87. The van der Waals surface area contributed by atoms with Crippen LogP contribution >= 0.6 is 15.9 Å². The van der Waals surface area contributed by atoms with E-state index in [1.165, 1.54) is 4.80 Å². The number of ether oxygens (including phenoxy) is 1. The molecule has 8 heteroatoms. The maximum Gasteiger partial charge on any atom is 0.204 e. The first-order chi connectivity index (χ1) is 13.0. The Bertz CT molecular complexity index is 957. The Morgan fingerprint density at radius 3 is 2.63 bits per heavy atom. The van der Waals surface area contributed by atoms with E-state index in [-0.39, 0.29) is 31.0 Å². The molecule has 0 N–H and O–H groups in total.